The van der Waals surface area contributed by atoms with E-state index < -0.39 is 0 Å². The van der Waals surface area contributed by atoms with Gasteiger partial charge in [0, 0.05) is 31.1 Å². The first-order valence-corrected chi connectivity index (χ1v) is 7.43. The molecule has 0 aliphatic carbocycles. The molecule has 5 heteroatoms. The van der Waals surface area contributed by atoms with Crippen LogP contribution in [-0.2, 0) is 4.74 Å². The fraction of sp³-hybridized carbons (Fsp3) is 0.533. The van der Waals surface area contributed by atoms with Crippen molar-refractivity contribution in [3.8, 4) is 0 Å². The third-order valence-electron chi connectivity index (χ3n) is 3.50. The molecule has 4 nitrogen and oxygen atoms in total. The van der Waals surface area contributed by atoms with Crippen molar-refractivity contribution in [3.63, 3.8) is 0 Å². The highest BCUT2D eigenvalue weighted by atomic mass is 35.5. The van der Waals surface area contributed by atoms with Crippen LogP contribution in [0.25, 0.3) is 6.08 Å². The maximum atomic E-state index is 5.99. The van der Waals surface area contributed by atoms with Crippen LogP contribution in [0.4, 0.5) is 5.69 Å². The van der Waals surface area contributed by atoms with Gasteiger partial charge in [-0.2, -0.15) is 0 Å². The number of nitrogens with zero attached hydrogens (tertiary/aromatic N) is 1. The van der Waals surface area contributed by atoms with Gasteiger partial charge in [0.2, 0.25) is 0 Å². The second kappa shape index (κ2) is 8.25. The first-order chi connectivity index (χ1) is 9.79. The summed E-state index contributed by atoms with van der Waals surface area (Å²) in [5.74, 6) is 0.721. The summed E-state index contributed by atoms with van der Waals surface area (Å²) >= 11 is 5.99. The Morgan fingerprint density at radius 1 is 1.50 bits per heavy atom. The molecule has 1 aliphatic heterocycles. The van der Waals surface area contributed by atoms with Crippen molar-refractivity contribution >= 4 is 23.4 Å². The largest absolute Gasteiger partial charge is 0.384 e. The van der Waals surface area contributed by atoms with E-state index in [1.54, 1.807) is 13.3 Å². The number of nitrogens with one attached hydrogen (secondary N) is 2. The average molecular weight is 296 g/mol. The van der Waals surface area contributed by atoms with Gasteiger partial charge in [0.15, 0.2) is 0 Å². The summed E-state index contributed by atoms with van der Waals surface area (Å²) < 4.78 is 5.02. The Bertz CT molecular complexity index is 445. The number of hydrogen-bond acceptors (Lipinski definition) is 4. The van der Waals surface area contributed by atoms with Gasteiger partial charge in [-0.05, 0) is 37.9 Å². The van der Waals surface area contributed by atoms with Crippen LogP contribution in [0.3, 0.4) is 0 Å². The van der Waals surface area contributed by atoms with Gasteiger partial charge in [-0.15, -0.1) is 0 Å². The number of rotatable bonds is 6. The number of aromatic nitrogens is 1. The summed E-state index contributed by atoms with van der Waals surface area (Å²) in [6, 6.07) is 1.88. The molecule has 0 amide bonds. The predicted octanol–water partition coefficient (Wildman–Crippen LogP) is 2.81. The lowest BCUT2D eigenvalue weighted by atomic mass is 9.98. The number of methoxy groups -OCH3 is 1. The zero-order valence-corrected chi connectivity index (χ0v) is 12.6. The molecule has 1 aromatic heterocycles. The minimum absolute atomic E-state index is 0.515. The molecular formula is C15H22ClN3O. The molecule has 110 valence electrons. The molecule has 0 aromatic carbocycles. The molecule has 1 fully saturated rings. The molecule has 0 radical (unpaired) electrons. The summed E-state index contributed by atoms with van der Waals surface area (Å²) in [7, 11) is 1.68. The summed E-state index contributed by atoms with van der Waals surface area (Å²) in [5.41, 5.74) is 2.08. The molecule has 20 heavy (non-hydrogen) atoms. The smallest absolute Gasteiger partial charge is 0.131 e. The van der Waals surface area contributed by atoms with Crippen molar-refractivity contribution in [2.24, 2.45) is 5.92 Å². The SMILES string of the molecule is COC/C=C/c1cnc(Cl)cc1NCC1CCNCC1. The van der Waals surface area contributed by atoms with Gasteiger partial charge < -0.3 is 15.4 Å². The lowest BCUT2D eigenvalue weighted by Crippen LogP contribution is -2.31. The summed E-state index contributed by atoms with van der Waals surface area (Å²) in [6.45, 7) is 3.80. The zero-order chi connectivity index (χ0) is 14.2. The topological polar surface area (TPSA) is 46.2 Å². The average Bonchev–Trinajstić information content (AvgIpc) is 2.48. The monoisotopic (exact) mass is 295 g/mol. The minimum atomic E-state index is 0.515. The first kappa shape index (κ1) is 15.3. The molecule has 2 N–H and O–H groups in total. The van der Waals surface area contributed by atoms with Crippen LogP contribution in [0.15, 0.2) is 18.3 Å². The van der Waals surface area contributed by atoms with Crippen LogP contribution in [0.1, 0.15) is 18.4 Å². The van der Waals surface area contributed by atoms with Crippen LogP contribution >= 0.6 is 11.6 Å². The van der Waals surface area contributed by atoms with E-state index in [1.165, 1.54) is 12.8 Å². The van der Waals surface area contributed by atoms with Crippen molar-refractivity contribution in [3.05, 3.63) is 29.1 Å². The molecule has 1 aliphatic rings. The third kappa shape index (κ3) is 4.78. The number of pyridine rings is 1. The van der Waals surface area contributed by atoms with Crippen LogP contribution in [0, 0.1) is 5.92 Å². The molecule has 1 aromatic rings. The van der Waals surface area contributed by atoms with Gasteiger partial charge in [-0.3, -0.25) is 0 Å². The summed E-state index contributed by atoms with van der Waals surface area (Å²) in [5, 5.41) is 7.41. The van der Waals surface area contributed by atoms with E-state index in [1.807, 2.05) is 18.2 Å². The fourth-order valence-electron chi connectivity index (χ4n) is 2.34. The Morgan fingerprint density at radius 3 is 3.05 bits per heavy atom. The van der Waals surface area contributed by atoms with Crippen LogP contribution in [-0.4, -0.2) is 38.3 Å². The van der Waals surface area contributed by atoms with E-state index in [0.717, 1.165) is 36.8 Å². The lowest BCUT2D eigenvalue weighted by molar-refractivity contribution is 0.234. The molecular weight excluding hydrogens is 274 g/mol. The van der Waals surface area contributed by atoms with E-state index in [-0.39, 0.29) is 0 Å². The van der Waals surface area contributed by atoms with Gasteiger partial charge >= 0.3 is 0 Å². The highest BCUT2D eigenvalue weighted by Crippen LogP contribution is 2.21. The van der Waals surface area contributed by atoms with E-state index in [0.29, 0.717) is 11.8 Å². The molecule has 0 unspecified atom stereocenters. The fourth-order valence-corrected chi connectivity index (χ4v) is 2.50. The molecule has 0 spiro atoms. The molecule has 1 saturated heterocycles. The van der Waals surface area contributed by atoms with Gasteiger partial charge in [-0.25, -0.2) is 4.98 Å². The molecule has 0 bridgehead atoms. The van der Waals surface area contributed by atoms with Crippen molar-refractivity contribution in [2.75, 3.05) is 38.7 Å². The first-order valence-electron chi connectivity index (χ1n) is 7.05. The van der Waals surface area contributed by atoms with Crippen LogP contribution < -0.4 is 10.6 Å². The Balaban J connectivity index is 1.98. The highest BCUT2D eigenvalue weighted by molar-refractivity contribution is 6.29. The summed E-state index contributed by atoms with van der Waals surface area (Å²) in [4.78, 5) is 4.14. The number of ether oxygens (including phenoxy) is 1. The van der Waals surface area contributed by atoms with Gasteiger partial charge in [0.25, 0.3) is 0 Å². The van der Waals surface area contributed by atoms with E-state index >= 15 is 0 Å². The van der Waals surface area contributed by atoms with Gasteiger partial charge in [0.05, 0.1) is 6.61 Å². The molecule has 0 atom stereocenters. The van der Waals surface area contributed by atoms with E-state index in [2.05, 4.69) is 15.6 Å². The number of piperidine rings is 1. The van der Waals surface area contributed by atoms with Crippen LogP contribution in [0.5, 0.6) is 0 Å². The van der Waals surface area contributed by atoms with Gasteiger partial charge in [0.1, 0.15) is 5.15 Å². The van der Waals surface area contributed by atoms with Gasteiger partial charge in [-0.1, -0.05) is 23.8 Å². The standard InChI is InChI=1S/C15H22ClN3O/c1-20-8-2-3-13-11-19-15(16)9-14(13)18-10-12-4-6-17-7-5-12/h2-3,9,11-12,17H,4-8,10H2,1H3,(H,18,19)/b3-2+. The van der Waals surface area contributed by atoms with Crippen LogP contribution in [0.2, 0.25) is 5.15 Å². The van der Waals surface area contributed by atoms with E-state index in [9.17, 15) is 0 Å². The lowest BCUT2D eigenvalue weighted by Gasteiger charge is -2.23. The van der Waals surface area contributed by atoms with Crippen molar-refractivity contribution in [2.45, 2.75) is 12.8 Å². The Labute approximate surface area is 125 Å². The van der Waals surface area contributed by atoms with Crippen molar-refractivity contribution in [1.82, 2.24) is 10.3 Å². The number of halogens is 1. The predicted molar refractivity (Wildman–Crippen MR) is 84.2 cm³/mol. The number of anilines is 1. The molecule has 0 saturated carbocycles. The maximum absolute atomic E-state index is 5.99. The minimum Gasteiger partial charge on any atom is -0.384 e. The molecule has 2 rings (SSSR count). The van der Waals surface area contributed by atoms with Crippen molar-refractivity contribution < 1.29 is 4.74 Å². The Hall–Kier alpha value is -1.10. The highest BCUT2D eigenvalue weighted by Gasteiger charge is 2.13. The van der Waals surface area contributed by atoms with Crippen molar-refractivity contribution in [1.29, 1.82) is 0 Å². The molecule has 2 heterocycles. The summed E-state index contributed by atoms with van der Waals surface area (Å²) in [6.07, 6.45) is 8.22. The zero-order valence-electron chi connectivity index (χ0n) is 11.9. The quantitative estimate of drug-likeness (QED) is 0.792. The Morgan fingerprint density at radius 2 is 2.30 bits per heavy atom. The second-order valence-electron chi connectivity index (χ2n) is 5.03. The number of hydrogen-bond donors (Lipinski definition) is 2. The maximum Gasteiger partial charge on any atom is 0.131 e. The second-order valence-corrected chi connectivity index (χ2v) is 5.41. The third-order valence-corrected chi connectivity index (χ3v) is 3.71. The Kier molecular flexibility index (Phi) is 6.30. The van der Waals surface area contributed by atoms with E-state index in [4.69, 9.17) is 16.3 Å². The normalized spacial score (nSPS) is 16.7.